The molecule has 0 radical (unpaired) electrons. The Labute approximate surface area is 256 Å². The fourth-order valence-electron chi connectivity index (χ4n) is 4.16. The van der Waals surface area contributed by atoms with Crippen LogP contribution in [-0.2, 0) is 0 Å². The molecule has 0 spiro atoms. The van der Waals surface area contributed by atoms with Crippen LogP contribution >= 0.6 is 34.8 Å². The van der Waals surface area contributed by atoms with Crippen molar-refractivity contribution in [1.82, 2.24) is 0 Å². The SMILES string of the molecule is CCCCCCCOc1ccc(-c2c(F)cc(C#N)cc2Cl)cc1.Cc1ccc(-c2c(Cl)cc(C#N)cc2Cl)cc1. The highest BCUT2D eigenvalue weighted by Gasteiger charge is 2.12. The van der Waals surface area contributed by atoms with Crippen molar-refractivity contribution in [2.24, 2.45) is 0 Å². The summed E-state index contributed by atoms with van der Waals surface area (Å²) < 4.78 is 19.9. The molecule has 0 N–H and O–H groups in total. The average Bonchev–Trinajstić information content (AvgIpc) is 2.96. The summed E-state index contributed by atoms with van der Waals surface area (Å²) in [5, 5.41) is 18.9. The maximum Gasteiger partial charge on any atom is 0.133 e. The van der Waals surface area contributed by atoms with Gasteiger partial charge in [0.05, 0.1) is 44.9 Å². The molecule has 4 rings (SSSR count). The molecule has 4 aromatic carbocycles. The van der Waals surface area contributed by atoms with Gasteiger partial charge in [-0.15, -0.1) is 0 Å². The number of aryl methyl sites for hydroxylation is 1. The molecule has 4 aromatic rings. The Balaban J connectivity index is 0.000000239. The van der Waals surface area contributed by atoms with E-state index in [1.54, 1.807) is 24.3 Å². The molecule has 41 heavy (non-hydrogen) atoms. The highest BCUT2D eigenvalue weighted by molar-refractivity contribution is 6.39. The molecule has 0 heterocycles. The number of nitrogens with zero attached hydrogens (tertiary/aromatic N) is 2. The van der Waals surface area contributed by atoms with Crippen LogP contribution in [0.1, 0.15) is 55.7 Å². The Hall–Kier alpha value is -3.54. The van der Waals surface area contributed by atoms with E-state index in [9.17, 15) is 4.39 Å². The van der Waals surface area contributed by atoms with Crippen LogP contribution in [0.4, 0.5) is 4.39 Å². The van der Waals surface area contributed by atoms with Crippen LogP contribution < -0.4 is 4.74 Å². The van der Waals surface area contributed by atoms with Crippen molar-refractivity contribution in [3.8, 4) is 40.1 Å². The minimum atomic E-state index is -0.497. The van der Waals surface area contributed by atoms with Gasteiger partial charge in [-0.1, -0.05) is 109 Å². The fraction of sp³-hybridized carbons (Fsp3) is 0.235. The highest BCUT2D eigenvalue weighted by Crippen LogP contribution is 2.36. The number of hydrogen-bond donors (Lipinski definition) is 0. The van der Waals surface area contributed by atoms with Crippen molar-refractivity contribution in [2.45, 2.75) is 46.0 Å². The van der Waals surface area contributed by atoms with Crippen LogP contribution in [0.3, 0.4) is 0 Å². The third-order valence-corrected chi connectivity index (χ3v) is 7.24. The van der Waals surface area contributed by atoms with E-state index in [4.69, 9.17) is 50.1 Å². The zero-order valence-electron chi connectivity index (χ0n) is 23.0. The normalized spacial score (nSPS) is 10.2. The average molecular weight is 608 g/mol. The third kappa shape index (κ3) is 9.24. The number of unbranched alkanes of at least 4 members (excludes halogenated alkanes) is 4. The molecular formula is C34H30Cl3FN2O. The van der Waals surface area contributed by atoms with Crippen LogP contribution in [0.2, 0.25) is 15.1 Å². The lowest BCUT2D eigenvalue weighted by atomic mass is 10.0. The summed E-state index contributed by atoms with van der Waals surface area (Å²) in [4.78, 5) is 0. The van der Waals surface area contributed by atoms with E-state index >= 15 is 0 Å². The van der Waals surface area contributed by atoms with Crippen LogP contribution in [-0.4, -0.2) is 6.61 Å². The van der Waals surface area contributed by atoms with Crippen molar-refractivity contribution in [1.29, 1.82) is 10.5 Å². The van der Waals surface area contributed by atoms with E-state index in [0.717, 1.165) is 23.3 Å². The van der Waals surface area contributed by atoms with Crippen LogP contribution in [0, 0.1) is 35.4 Å². The van der Waals surface area contributed by atoms with Gasteiger partial charge in [0.15, 0.2) is 0 Å². The van der Waals surface area contributed by atoms with E-state index in [1.807, 2.05) is 55.5 Å². The minimum Gasteiger partial charge on any atom is -0.494 e. The first-order valence-corrected chi connectivity index (χ1v) is 14.5. The van der Waals surface area contributed by atoms with Crippen molar-refractivity contribution in [3.05, 3.63) is 110 Å². The Kier molecular flexibility index (Phi) is 12.5. The number of rotatable bonds is 9. The molecule has 0 atom stereocenters. The molecule has 3 nitrogen and oxygen atoms in total. The van der Waals surface area contributed by atoms with E-state index in [1.165, 1.54) is 43.4 Å². The number of nitriles is 2. The van der Waals surface area contributed by atoms with E-state index in [-0.39, 0.29) is 10.6 Å². The van der Waals surface area contributed by atoms with Gasteiger partial charge in [-0.25, -0.2) is 4.39 Å². The summed E-state index contributed by atoms with van der Waals surface area (Å²) in [6, 6.07) is 25.0. The van der Waals surface area contributed by atoms with Gasteiger partial charge >= 0.3 is 0 Å². The second kappa shape index (κ2) is 16.0. The first-order valence-electron chi connectivity index (χ1n) is 13.4. The monoisotopic (exact) mass is 606 g/mol. The zero-order valence-corrected chi connectivity index (χ0v) is 25.3. The lowest BCUT2D eigenvalue weighted by Crippen LogP contribution is -1.97. The molecule has 0 unspecified atom stereocenters. The second-order valence-electron chi connectivity index (χ2n) is 9.51. The van der Waals surface area contributed by atoms with Gasteiger partial charge < -0.3 is 4.74 Å². The van der Waals surface area contributed by atoms with Crippen molar-refractivity contribution >= 4 is 34.8 Å². The Morgan fingerprint density at radius 2 is 1.17 bits per heavy atom. The number of halogens is 4. The molecule has 0 aromatic heterocycles. The molecule has 0 aliphatic heterocycles. The number of hydrogen-bond acceptors (Lipinski definition) is 3. The fourth-order valence-corrected chi connectivity index (χ4v) is 5.18. The van der Waals surface area contributed by atoms with Crippen LogP contribution in [0.25, 0.3) is 22.3 Å². The first-order chi connectivity index (χ1) is 19.8. The van der Waals surface area contributed by atoms with Crippen LogP contribution in [0.15, 0.2) is 72.8 Å². The molecule has 7 heteroatoms. The predicted octanol–water partition coefficient (Wildman–Crippen LogP) is 11.2. The van der Waals surface area contributed by atoms with E-state index in [0.29, 0.717) is 33.3 Å². The Morgan fingerprint density at radius 3 is 1.71 bits per heavy atom. The molecule has 0 saturated carbocycles. The summed E-state index contributed by atoms with van der Waals surface area (Å²) in [7, 11) is 0. The van der Waals surface area contributed by atoms with Crippen LogP contribution in [0.5, 0.6) is 5.75 Å². The molecular weight excluding hydrogens is 578 g/mol. The topological polar surface area (TPSA) is 56.8 Å². The Morgan fingerprint density at radius 1 is 0.683 bits per heavy atom. The molecule has 0 aliphatic carbocycles. The predicted molar refractivity (Wildman–Crippen MR) is 167 cm³/mol. The maximum absolute atomic E-state index is 14.2. The zero-order chi connectivity index (χ0) is 29.8. The van der Waals surface area contributed by atoms with Gasteiger partial charge in [0.25, 0.3) is 0 Å². The van der Waals surface area contributed by atoms with Crippen molar-refractivity contribution < 1.29 is 9.13 Å². The first kappa shape index (κ1) is 32.0. The maximum atomic E-state index is 14.2. The molecule has 0 aliphatic rings. The smallest absolute Gasteiger partial charge is 0.133 e. The summed E-state index contributed by atoms with van der Waals surface area (Å²) in [5.74, 6) is 0.267. The standard InChI is InChI=1S/C20H21ClFNO.C14H9Cl2N/c1-2-3-4-5-6-11-24-17-9-7-16(8-10-17)20-18(21)12-15(14-23)13-19(20)22;1-9-2-4-11(5-3-9)14-12(15)6-10(8-17)7-13(14)16/h7-10,12-13H,2-6,11H2,1H3;2-7H,1H3. The lowest BCUT2D eigenvalue weighted by Gasteiger charge is -2.09. The van der Waals surface area contributed by atoms with E-state index < -0.39 is 5.82 Å². The minimum absolute atomic E-state index is 0.212. The summed E-state index contributed by atoms with van der Waals surface area (Å²) in [6.07, 6.45) is 5.97. The van der Waals surface area contributed by atoms with Gasteiger partial charge in [-0.3, -0.25) is 0 Å². The molecule has 0 saturated heterocycles. The molecule has 0 bridgehead atoms. The Bertz CT molecular complexity index is 1490. The summed E-state index contributed by atoms with van der Waals surface area (Å²) in [6.45, 7) is 4.90. The second-order valence-corrected chi connectivity index (χ2v) is 10.7. The van der Waals surface area contributed by atoms with E-state index in [2.05, 4.69) is 6.92 Å². The molecule has 0 fully saturated rings. The summed E-state index contributed by atoms with van der Waals surface area (Å²) in [5.41, 5.74) is 4.55. The van der Waals surface area contributed by atoms with Crippen molar-refractivity contribution in [2.75, 3.05) is 6.61 Å². The largest absolute Gasteiger partial charge is 0.494 e. The number of benzene rings is 4. The third-order valence-electron chi connectivity index (χ3n) is 6.34. The molecule has 0 amide bonds. The quantitative estimate of drug-likeness (QED) is 0.178. The molecule has 210 valence electrons. The summed E-state index contributed by atoms with van der Waals surface area (Å²) >= 11 is 18.4. The van der Waals surface area contributed by atoms with Gasteiger partial charge in [-0.05, 0) is 60.9 Å². The van der Waals surface area contributed by atoms with Gasteiger partial charge in [0.2, 0.25) is 0 Å². The van der Waals surface area contributed by atoms with Gasteiger partial charge in [0, 0.05) is 11.1 Å². The van der Waals surface area contributed by atoms with Gasteiger partial charge in [-0.2, -0.15) is 10.5 Å². The van der Waals surface area contributed by atoms with Gasteiger partial charge in [0.1, 0.15) is 11.6 Å². The lowest BCUT2D eigenvalue weighted by molar-refractivity contribution is 0.304. The number of ether oxygens (including phenoxy) is 1. The highest BCUT2D eigenvalue weighted by atomic mass is 35.5. The van der Waals surface area contributed by atoms with Crippen molar-refractivity contribution in [3.63, 3.8) is 0 Å².